The molecule has 0 saturated carbocycles. The van der Waals surface area contributed by atoms with Gasteiger partial charge in [-0.2, -0.15) is 0 Å². The molecule has 0 atom stereocenters. The first-order chi connectivity index (χ1) is 9.74. The van der Waals surface area contributed by atoms with Crippen LogP contribution in [0.1, 0.15) is 15.9 Å². The Kier molecular flexibility index (Phi) is 3.56. The van der Waals surface area contributed by atoms with Crippen LogP contribution >= 0.6 is 15.9 Å². The fourth-order valence-electron chi connectivity index (χ4n) is 2.03. The van der Waals surface area contributed by atoms with Gasteiger partial charge < -0.3 is 9.73 Å². The van der Waals surface area contributed by atoms with Crippen LogP contribution in [-0.2, 0) is 6.54 Å². The van der Waals surface area contributed by atoms with Gasteiger partial charge in [0.05, 0.1) is 5.56 Å². The third-order valence-corrected chi connectivity index (χ3v) is 3.62. The summed E-state index contributed by atoms with van der Waals surface area (Å²) in [5.41, 5.74) is 2.34. The van der Waals surface area contributed by atoms with Crippen molar-refractivity contribution >= 4 is 32.8 Å². The van der Waals surface area contributed by atoms with Crippen LogP contribution in [0.2, 0.25) is 0 Å². The molecule has 0 aliphatic heterocycles. The smallest absolute Gasteiger partial charge is 0.255 e. The lowest BCUT2D eigenvalue weighted by Crippen LogP contribution is -2.22. The molecule has 0 aliphatic rings. The number of nitrogens with one attached hydrogen (secondary N) is 1. The molecule has 1 amide bonds. The van der Waals surface area contributed by atoms with Gasteiger partial charge in [0.2, 0.25) is 0 Å². The van der Waals surface area contributed by atoms with Crippen LogP contribution in [0.5, 0.6) is 0 Å². The van der Waals surface area contributed by atoms with Crippen molar-refractivity contribution < 1.29 is 9.21 Å². The number of hydrogen-bond acceptors (Lipinski definition) is 2. The minimum absolute atomic E-state index is 0.127. The summed E-state index contributed by atoms with van der Waals surface area (Å²) in [6.45, 7) is 0.492. The van der Waals surface area contributed by atoms with Crippen LogP contribution in [-0.4, -0.2) is 5.91 Å². The summed E-state index contributed by atoms with van der Waals surface area (Å²) >= 11 is 3.38. The highest BCUT2D eigenvalue weighted by atomic mass is 79.9. The van der Waals surface area contributed by atoms with Crippen molar-refractivity contribution in [3.05, 3.63) is 70.4 Å². The molecule has 0 aliphatic carbocycles. The van der Waals surface area contributed by atoms with E-state index in [9.17, 15) is 4.79 Å². The Morgan fingerprint density at radius 3 is 2.65 bits per heavy atom. The maximum atomic E-state index is 12.2. The normalized spacial score (nSPS) is 10.7. The van der Waals surface area contributed by atoms with E-state index in [0.717, 1.165) is 21.0 Å². The van der Waals surface area contributed by atoms with E-state index in [1.807, 2.05) is 48.5 Å². The van der Waals surface area contributed by atoms with Gasteiger partial charge in [-0.15, -0.1) is 0 Å². The predicted molar refractivity (Wildman–Crippen MR) is 81.5 cm³/mol. The van der Waals surface area contributed by atoms with Crippen molar-refractivity contribution in [2.75, 3.05) is 0 Å². The Hall–Kier alpha value is -2.07. The maximum absolute atomic E-state index is 12.2. The zero-order chi connectivity index (χ0) is 13.9. The molecular weight excluding hydrogens is 318 g/mol. The highest BCUT2D eigenvalue weighted by Crippen LogP contribution is 2.20. The topological polar surface area (TPSA) is 42.2 Å². The number of amides is 1. The van der Waals surface area contributed by atoms with Gasteiger partial charge in [-0.1, -0.05) is 46.3 Å². The molecule has 100 valence electrons. The average molecular weight is 330 g/mol. The van der Waals surface area contributed by atoms with Crippen molar-refractivity contribution in [2.24, 2.45) is 0 Å². The number of furan rings is 1. The monoisotopic (exact) mass is 329 g/mol. The largest absolute Gasteiger partial charge is 0.463 e. The lowest BCUT2D eigenvalue weighted by Gasteiger charge is -2.04. The number of carbonyl (C=O) groups is 1. The standard InChI is InChI=1S/C16H12BrNO2/c17-12-7-5-11(6-8-12)9-18-16(19)14-10-20-15-4-2-1-3-13(14)15/h1-8,10H,9H2,(H,18,19). The molecule has 1 N–H and O–H groups in total. The maximum Gasteiger partial charge on any atom is 0.255 e. The van der Waals surface area contributed by atoms with Crippen molar-refractivity contribution in [1.29, 1.82) is 0 Å². The Balaban J connectivity index is 1.75. The highest BCUT2D eigenvalue weighted by molar-refractivity contribution is 9.10. The van der Waals surface area contributed by atoms with Crippen LogP contribution in [0, 0.1) is 0 Å². The third kappa shape index (κ3) is 2.60. The number of fused-ring (bicyclic) bond motifs is 1. The Labute approximate surface area is 124 Å². The molecule has 3 rings (SSSR count). The molecular formula is C16H12BrNO2. The summed E-state index contributed by atoms with van der Waals surface area (Å²) in [6.07, 6.45) is 1.50. The molecule has 1 aromatic heterocycles. The number of para-hydroxylation sites is 1. The molecule has 1 heterocycles. The third-order valence-electron chi connectivity index (χ3n) is 3.09. The number of rotatable bonds is 3. The minimum atomic E-state index is -0.127. The van der Waals surface area contributed by atoms with E-state index in [1.54, 1.807) is 0 Å². The van der Waals surface area contributed by atoms with E-state index in [2.05, 4.69) is 21.2 Å². The summed E-state index contributed by atoms with van der Waals surface area (Å²) in [5.74, 6) is -0.127. The van der Waals surface area contributed by atoms with E-state index in [-0.39, 0.29) is 5.91 Å². The molecule has 0 unspecified atom stereocenters. The van der Waals surface area contributed by atoms with Crippen LogP contribution in [0.25, 0.3) is 11.0 Å². The van der Waals surface area contributed by atoms with Crippen LogP contribution < -0.4 is 5.32 Å². The van der Waals surface area contributed by atoms with E-state index >= 15 is 0 Å². The summed E-state index contributed by atoms with van der Waals surface area (Å²) in [5, 5.41) is 3.73. The first kappa shape index (κ1) is 12.9. The van der Waals surface area contributed by atoms with Crippen molar-refractivity contribution in [3.8, 4) is 0 Å². The number of carbonyl (C=O) groups excluding carboxylic acids is 1. The minimum Gasteiger partial charge on any atom is -0.463 e. The van der Waals surface area contributed by atoms with Crippen LogP contribution in [0.3, 0.4) is 0 Å². The number of benzene rings is 2. The molecule has 4 heteroatoms. The molecule has 3 nitrogen and oxygen atoms in total. The molecule has 0 radical (unpaired) electrons. The quantitative estimate of drug-likeness (QED) is 0.785. The van der Waals surface area contributed by atoms with Gasteiger partial charge in [0.1, 0.15) is 11.8 Å². The lowest BCUT2D eigenvalue weighted by molar-refractivity contribution is 0.0951. The van der Waals surface area contributed by atoms with Gasteiger partial charge in [-0.3, -0.25) is 4.79 Å². The van der Waals surface area contributed by atoms with Crippen LogP contribution in [0.4, 0.5) is 0 Å². The van der Waals surface area contributed by atoms with Gasteiger partial charge in [-0.25, -0.2) is 0 Å². The van der Waals surface area contributed by atoms with Gasteiger partial charge in [0.25, 0.3) is 5.91 Å². The summed E-state index contributed by atoms with van der Waals surface area (Å²) < 4.78 is 6.39. The zero-order valence-electron chi connectivity index (χ0n) is 10.6. The molecule has 3 aromatic rings. The Morgan fingerprint density at radius 1 is 1.10 bits per heavy atom. The molecule has 0 fully saturated rings. The fraction of sp³-hybridized carbons (Fsp3) is 0.0625. The van der Waals surface area contributed by atoms with E-state index in [4.69, 9.17) is 4.42 Å². The second kappa shape index (κ2) is 5.51. The van der Waals surface area contributed by atoms with Gasteiger partial charge in [-0.05, 0) is 23.8 Å². The van der Waals surface area contributed by atoms with Gasteiger partial charge in [0.15, 0.2) is 0 Å². The van der Waals surface area contributed by atoms with E-state index in [1.165, 1.54) is 6.26 Å². The first-order valence-electron chi connectivity index (χ1n) is 6.23. The summed E-state index contributed by atoms with van der Waals surface area (Å²) in [7, 11) is 0. The van der Waals surface area contributed by atoms with E-state index < -0.39 is 0 Å². The van der Waals surface area contributed by atoms with Crippen molar-refractivity contribution in [3.63, 3.8) is 0 Å². The summed E-state index contributed by atoms with van der Waals surface area (Å²) in [4.78, 5) is 12.2. The molecule has 2 aromatic carbocycles. The predicted octanol–water partition coefficient (Wildman–Crippen LogP) is 4.13. The average Bonchev–Trinajstić information content (AvgIpc) is 2.90. The Morgan fingerprint density at radius 2 is 1.85 bits per heavy atom. The molecule has 0 spiro atoms. The Bertz CT molecular complexity index is 747. The van der Waals surface area contributed by atoms with Crippen molar-refractivity contribution in [2.45, 2.75) is 6.54 Å². The SMILES string of the molecule is O=C(NCc1ccc(Br)cc1)c1coc2ccccc12. The highest BCUT2D eigenvalue weighted by Gasteiger charge is 2.12. The second-order valence-electron chi connectivity index (χ2n) is 4.45. The number of hydrogen-bond donors (Lipinski definition) is 1. The molecule has 20 heavy (non-hydrogen) atoms. The first-order valence-corrected chi connectivity index (χ1v) is 7.02. The van der Waals surface area contributed by atoms with Crippen LogP contribution in [0.15, 0.2) is 63.7 Å². The molecule has 0 bridgehead atoms. The lowest BCUT2D eigenvalue weighted by atomic mass is 10.1. The number of halogens is 1. The van der Waals surface area contributed by atoms with Gasteiger partial charge in [0, 0.05) is 16.4 Å². The van der Waals surface area contributed by atoms with E-state index in [0.29, 0.717) is 12.1 Å². The second-order valence-corrected chi connectivity index (χ2v) is 5.37. The zero-order valence-corrected chi connectivity index (χ0v) is 12.2. The van der Waals surface area contributed by atoms with Crippen molar-refractivity contribution in [1.82, 2.24) is 5.32 Å². The molecule has 0 saturated heterocycles. The summed E-state index contributed by atoms with van der Waals surface area (Å²) in [6, 6.07) is 15.4. The van der Waals surface area contributed by atoms with Gasteiger partial charge >= 0.3 is 0 Å². The fourth-order valence-corrected chi connectivity index (χ4v) is 2.30.